The van der Waals surface area contributed by atoms with Crippen LogP contribution in [-0.2, 0) is 14.4 Å². The highest BCUT2D eigenvalue weighted by Gasteiger charge is 2.41. The standard InChI is InChI=1S/C20H33NO3/c1-21-15-18(23)19(20(21)24)17(22)14-13-16-11-9-7-5-3-2-4-6-8-10-12-16/h16,19H,2-15H2,1H3. The first kappa shape index (κ1) is 19.1. The van der Waals surface area contributed by atoms with Crippen LogP contribution in [0.4, 0.5) is 0 Å². The molecule has 1 saturated carbocycles. The predicted octanol–water partition coefficient (Wildman–Crippen LogP) is 3.91. The van der Waals surface area contributed by atoms with E-state index in [2.05, 4.69) is 0 Å². The Morgan fingerprint density at radius 2 is 1.42 bits per heavy atom. The Bertz CT molecular complexity index is 434. The van der Waals surface area contributed by atoms with Crippen molar-refractivity contribution >= 4 is 17.5 Å². The topological polar surface area (TPSA) is 54.5 Å². The van der Waals surface area contributed by atoms with Crippen molar-refractivity contribution in [3.63, 3.8) is 0 Å². The number of carbonyl (C=O) groups is 3. The van der Waals surface area contributed by atoms with Gasteiger partial charge in [0.05, 0.1) is 6.54 Å². The minimum absolute atomic E-state index is 0.0959. The molecule has 0 aromatic heterocycles. The highest BCUT2D eigenvalue weighted by atomic mass is 16.2. The summed E-state index contributed by atoms with van der Waals surface area (Å²) in [6, 6.07) is 0. The van der Waals surface area contributed by atoms with Gasteiger partial charge in [-0.15, -0.1) is 0 Å². The van der Waals surface area contributed by atoms with E-state index >= 15 is 0 Å². The van der Waals surface area contributed by atoms with E-state index in [1.165, 1.54) is 75.5 Å². The van der Waals surface area contributed by atoms with E-state index < -0.39 is 5.92 Å². The lowest BCUT2D eigenvalue weighted by atomic mass is 9.87. The van der Waals surface area contributed by atoms with Crippen LogP contribution in [0.3, 0.4) is 0 Å². The average molecular weight is 335 g/mol. The number of ketones is 2. The number of hydrogen-bond donors (Lipinski definition) is 0. The van der Waals surface area contributed by atoms with Crippen LogP contribution in [0.15, 0.2) is 0 Å². The van der Waals surface area contributed by atoms with Crippen LogP contribution in [0, 0.1) is 11.8 Å². The zero-order valence-electron chi connectivity index (χ0n) is 15.2. The summed E-state index contributed by atoms with van der Waals surface area (Å²) in [5.41, 5.74) is 0. The highest BCUT2D eigenvalue weighted by molar-refractivity contribution is 6.22. The molecule has 1 heterocycles. The molecule has 4 heteroatoms. The Morgan fingerprint density at radius 3 is 1.88 bits per heavy atom. The van der Waals surface area contributed by atoms with Gasteiger partial charge in [-0.3, -0.25) is 14.4 Å². The third-order valence-electron chi connectivity index (χ3n) is 5.68. The lowest BCUT2D eigenvalue weighted by Crippen LogP contribution is -2.29. The molecule has 1 amide bonds. The number of carbonyl (C=O) groups excluding carboxylic acids is 3. The zero-order chi connectivity index (χ0) is 17.4. The smallest absolute Gasteiger partial charge is 0.240 e. The quantitative estimate of drug-likeness (QED) is 0.732. The molecular formula is C20H33NO3. The van der Waals surface area contributed by atoms with Crippen LogP contribution in [0.2, 0.25) is 0 Å². The van der Waals surface area contributed by atoms with Crippen molar-refractivity contribution in [3.05, 3.63) is 0 Å². The fourth-order valence-electron chi connectivity index (χ4n) is 4.11. The number of nitrogens with zero attached hydrogens (tertiary/aromatic N) is 1. The zero-order valence-corrected chi connectivity index (χ0v) is 15.2. The van der Waals surface area contributed by atoms with Crippen LogP contribution in [0.25, 0.3) is 0 Å². The van der Waals surface area contributed by atoms with Gasteiger partial charge in [0.15, 0.2) is 17.5 Å². The van der Waals surface area contributed by atoms with Gasteiger partial charge in [-0.05, 0) is 12.3 Å². The number of hydrogen-bond acceptors (Lipinski definition) is 3. The van der Waals surface area contributed by atoms with E-state index in [9.17, 15) is 14.4 Å². The number of rotatable bonds is 4. The van der Waals surface area contributed by atoms with E-state index in [0.29, 0.717) is 12.3 Å². The molecule has 1 aliphatic carbocycles. The van der Waals surface area contributed by atoms with Crippen molar-refractivity contribution in [2.24, 2.45) is 11.8 Å². The maximum Gasteiger partial charge on any atom is 0.240 e. The molecule has 0 aromatic rings. The van der Waals surface area contributed by atoms with Gasteiger partial charge in [0, 0.05) is 13.5 Å². The summed E-state index contributed by atoms with van der Waals surface area (Å²) in [6.07, 6.45) is 15.5. The maximum absolute atomic E-state index is 12.4. The highest BCUT2D eigenvalue weighted by Crippen LogP contribution is 2.26. The second-order valence-corrected chi connectivity index (χ2v) is 7.72. The van der Waals surface area contributed by atoms with Gasteiger partial charge in [-0.2, -0.15) is 0 Å². The Labute approximate surface area is 146 Å². The maximum atomic E-state index is 12.4. The molecular weight excluding hydrogens is 302 g/mol. The molecule has 0 N–H and O–H groups in total. The average Bonchev–Trinajstić information content (AvgIpc) is 2.79. The first-order chi connectivity index (χ1) is 11.6. The monoisotopic (exact) mass is 335 g/mol. The van der Waals surface area contributed by atoms with E-state index in [-0.39, 0.29) is 24.0 Å². The van der Waals surface area contributed by atoms with Crippen LogP contribution in [0.5, 0.6) is 0 Å². The molecule has 1 unspecified atom stereocenters. The Balaban J connectivity index is 1.80. The van der Waals surface area contributed by atoms with Crippen LogP contribution in [0.1, 0.15) is 83.5 Å². The van der Waals surface area contributed by atoms with E-state index in [1.54, 1.807) is 7.05 Å². The molecule has 2 fully saturated rings. The van der Waals surface area contributed by atoms with Crippen molar-refractivity contribution in [1.29, 1.82) is 0 Å². The van der Waals surface area contributed by atoms with Crippen molar-refractivity contribution in [1.82, 2.24) is 4.90 Å². The van der Waals surface area contributed by atoms with E-state index in [1.807, 2.05) is 0 Å². The number of Topliss-reactive ketones (excluding diaryl/α,β-unsaturated/α-hetero) is 2. The molecule has 2 aliphatic rings. The molecule has 24 heavy (non-hydrogen) atoms. The van der Waals surface area contributed by atoms with Gasteiger partial charge in [0.25, 0.3) is 0 Å². The normalized spacial score (nSPS) is 25.4. The predicted molar refractivity (Wildman–Crippen MR) is 94.7 cm³/mol. The summed E-state index contributed by atoms with van der Waals surface area (Å²) in [4.78, 5) is 37.5. The van der Waals surface area contributed by atoms with E-state index in [0.717, 1.165) is 6.42 Å². The SMILES string of the molecule is CN1CC(=O)C(C(=O)CCC2CCCCCCCCCCC2)C1=O. The summed E-state index contributed by atoms with van der Waals surface area (Å²) >= 11 is 0. The van der Waals surface area contributed by atoms with Crippen molar-refractivity contribution in [3.8, 4) is 0 Å². The largest absolute Gasteiger partial charge is 0.337 e. The Kier molecular flexibility index (Phi) is 7.93. The van der Waals surface area contributed by atoms with Gasteiger partial charge < -0.3 is 4.90 Å². The second kappa shape index (κ2) is 9.95. The number of likely N-dealkylation sites (N-methyl/N-ethyl adjacent to an activating group) is 1. The number of amides is 1. The summed E-state index contributed by atoms with van der Waals surface area (Å²) < 4.78 is 0. The summed E-state index contributed by atoms with van der Waals surface area (Å²) in [5, 5.41) is 0. The fraction of sp³-hybridized carbons (Fsp3) is 0.850. The van der Waals surface area contributed by atoms with Gasteiger partial charge in [0.2, 0.25) is 5.91 Å². The minimum atomic E-state index is -0.999. The fourth-order valence-corrected chi connectivity index (χ4v) is 4.11. The van der Waals surface area contributed by atoms with E-state index in [4.69, 9.17) is 0 Å². The molecule has 4 nitrogen and oxygen atoms in total. The second-order valence-electron chi connectivity index (χ2n) is 7.72. The van der Waals surface area contributed by atoms with Gasteiger partial charge in [-0.25, -0.2) is 0 Å². The van der Waals surface area contributed by atoms with Gasteiger partial charge >= 0.3 is 0 Å². The Morgan fingerprint density at radius 1 is 0.917 bits per heavy atom. The lowest BCUT2D eigenvalue weighted by molar-refractivity contribution is -0.138. The summed E-state index contributed by atoms with van der Waals surface area (Å²) in [6.45, 7) is 0.0959. The third-order valence-corrected chi connectivity index (χ3v) is 5.68. The summed E-state index contributed by atoms with van der Waals surface area (Å²) in [7, 11) is 1.60. The minimum Gasteiger partial charge on any atom is -0.337 e. The Hall–Kier alpha value is -1.19. The van der Waals surface area contributed by atoms with Crippen LogP contribution >= 0.6 is 0 Å². The third kappa shape index (κ3) is 5.71. The molecule has 0 bridgehead atoms. The molecule has 1 atom stereocenters. The molecule has 136 valence electrons. The summed E-state index contributed by atoms with van der Waals surface area (Å²) in [5.74, 6) is -1.09. The number of likely N-dealkylation sites (tertiary alicyclic amines) is 1. The molecule has 0 radical (unpaired) electrons. The van der Waals surface area contributed by atoms with Crippen LogP contribution in [-0.4, -0.2) is 36.0 Å². The molecule has 0 spiro atoms. The first-order valence-electron chi connectivity index (χ1n) is 9.90. The molecule has 2 rings (SSSR count). The molecule has 1 saturated heterocycles. The lowest BCUT2D eigenvalue weighted by Gasteiger charge is -2.18. The van der Waals surface area contributed by atoms with Crippen molar-refractivity contribution in [2.45, 2.75) is 83.5 Å². The first-order valence-corrected chi connectivity index (χ1v) is 9.90. The molecule has 0 aromatic carbocycles. The van der Waals surface area contributed by atoms with Gasteiger partial charge in [-0.1, -0.05) is 70.6 Å². The molecule has 1 aliphatic heterocycles. The van der Waals surface area contributed by atoms with Crippen molar-refractivity contribution in [2.75, 3.05) is 13.6 Å². The van der Waals surface area contributed by atoms with Crippen molar-refractivity contribution < 1.29 is 14.4 Å². The van der Waals surface area contributed by atoms with Gasteiger partial charge in [0.1, 0.15) is 0 Å². The van der Waals surface area contributed by atoms with Crippen LogP contribution < -0.4 is 0 Å².